The highest BCUT2D eigenvalue weighted by molar-refractivity contribution is 5.91. The second-order valence-electron chi connectivity index (χ2n) is 8.32. The number of carbonyl (C=O) groups is 2. The van der Waals surface area contributed by atoms with Gasteiger partial charge in [0.25, 0.3) is 0 Å². The van der Waals surface area contributed by atoms with E-state index in [1.807, 2.05) is 84.6 Å². The number of nitrogens with zero attached hydrogens (tertiary/aromatic N) is 1. The Kier molecular flexibility index (Phi) is 7.25. The van der Waals surface area contributed by atoms with E-state index in [4.69, 9.17) is 4.74 Å². The molecule has 0 saturated carbocycles. The summed E-state index contributed by atoms with van der Waals surface area (Å²) < 4.78 is 5.98. The molecule has 4 rings (SSSR count). The third-order valence-electron chi connectivity index (χ3n) is 5.61. The molecule has 3 aromatic rings. The fraction of sp³-hybridized carbons (Fsp3) is 0.259. The van der Waals surface area contributed by atoms with Crippen molar-refractivity contribution in [1.82, 2.24) is 10.2 Å². The normalized spacial score (nSPS) is 13.1. The number of likely N-dealkylation sites (tertiary alicyclic amines) is 1. The molecule has 0 aliphatic carbocycles. The predicted molar refractivity (Wildman–Crippen MR) is 129 cm³/mol. The minimum atomic E-state index is -0.302. The van der Waals surface area contributed by atoms with Crippen LogP contribution in [-0.4, -0.2) is 23.4 Å². The van der Waals surface area contributed by atoms with Crippen LogP contribution < -0.4 is 15.4 Å². The first-order valence-corrected chi connectivity index (χ1v) is 11.2. The minimum Gasteiger partial charge on any atom is -0.487 e. The van der Waals surface area contributed by atoms with Crippen LogP contribution in [0.4, 0.5) is 10.5 Å². The number of hydrogen-bond donors (Lipinski definition) is 2. The van der Waals surface area contributed by atoms with Gasteiger partial charge in [0.1, 0.15) is 12.4 Å². The van der Waals surface area contributed by atoms with Crippen molar-refractivity contribution < 1.29 is 14.3 Å². The lowest BCUT2D eigenvalue weighted by Gasteiger charge is -2.16. The Hall–Kier alpha value is -3.80. The van der Waals surface area contributed by atoms with E-state index in [1.165, 1.54) is 0 Å². The van der Waals surface area contributed by atoms with Crippen LogP contribution >= 0.6 is 0 Å². The maximum atomic E-state index is 12.6. The molecule has 33 heavy (non-hydrogen) atoms. The van der Waals surface area contributed by atoms with Crippen LogP contribution in [0.1, 0.15) is 35.1 Å². The summed E-state index contributed by atoms with van der Waals surface area (Å²) >= 11 is 0. The molecule has 1 saturated heterocycles. The number of benzene rings is 3. The quantitative estimate of drug-likeness (QED) is 0.514. The third-order valence-corrected chi connectivity index (χ3v) is 5.61. The molecule has 0 spiro atoms. The third kappa shape index (κ3) is 6.35. The van der Waals surface area contributed by atoms with Crippen LogP contribution in [0.15, 0.2) is 72.8 Å². The van der Waals surface area contributed by atoms with E-state index in [-0.39, 0.29) is 11.9 Å². The summed E-state index contributed by atoms with van der Waals surface area (Å²) in [7, 11) is 0. The molecule has 0 aromatic heterocycles. The standard InChI is InChI=1S/C27H29N3O3/c1-20-12-13-24(25(15-20)33-19-21-7-3-2-4-8-21)29-27(32)28-17-22-9-5-10-23(16-22)18-30-14-6-11-26(30)31/h2-5,7-10,12-13,15-16H,6,11,14,17-19H2,1H3,(H2,28,29,32). The van der Waals surface area contributed by atoms with Gasteiger partial charge in [0, 0.05) is 26.1 Å². The molecule has 170 valence electrons. The van der Waals surface area contributed by atoms with Crippen LogP contribution in [-0.2, 0) is 24.5 Å². The summed E-state index contributed by atoms with van der Waals surface area (Å²) in [6.07, 6.45) is 1.56. The van der Waals surface area contributed by atoms with E-state index >= 15 is 0 Å². The van der Waals surface area contributed by atoms with Crippen molar-refractivity contribution in [2.24, 2.45) is 0 Å². The molecular weight excluding hydrogens is 414 g/mol. The summed E-state index contributed by atoms with van der Waals surface area (Å²) in [5, 5.41) is 5.80. The fourth-order valence-electron chi connectivity index (χ4n) is 3.87. The molecule has 0 unspecified atom stereocenters. The lowest BCUT2D eigenvalue weighted by Crippen LogP contribution is -2.28. The molecule has 0 radical (unpaired) electrons. The Bertz CT molecular complexity index is 1110. The van der Waals surface area contributed by atoms with E-state index in [0.29, 0.717) is 37.6 Å². The summed E-state index contributed by atoms with van der Waals surface area (Å²) in [6, 6.07) is 23.3. The number of amides is 3. The largest absolute Gasteiger partial charge is 0.487 e. The Morgan fingerprint density at radius 2 is 1.76 bits per heavy atom. The predicted octanol–water partition coefficient (Wildman–Crippen LogP) is 5.02. The average Bonchev–Trinajstić information content (AvgIpc) is 3.23. The highest BCUT2D eigenvalue weighted by Crippen LogP contribution is 2.26. The van der Waals surface area contributed by atoms with Gasteiger partial charge in [-0.3, -0.25) is 4.79 Å². The van der Waals surface area contributed by atoms with Crippen LogP contribution in [0.3, 0.4) is 0 Å². The summed E-state index contributed by atoms with van der Waals surface area (Å²) in [4.78, 5) is 26.3. The number of ether oxygens (including phenoxy) is 1. The monoisotopic (exact) mass is 443 g/mol. The first kappa shape index (κ1) is 22.4. The van der Waals surface area contributed by atoms with E-state index in [9.17, 15) is 9.59 Å². The molecule has 0 bridgehead atoms. The highest BCUT2D eigenvalue weighted by Gasteiger charge is 2.20. The summed E-state index contributed by atoms with van der Waals surface area (Å²) in [5.74, 6) is 0.840. The van der Waals surface area contributed by atoms with Gasteiger partial charge in [-0.2, -0.15) is 0 Å². The molecule has 1 aliphatic heterocycles. The summed E-state index contributed by atoms with van der Waals surface area (Å²) in [6.45, 7) is 4.23. The van der Waals surface area contributed by atoms with E-state index in [2.05, 4.69) is 10.6 Å². The zero-order chi connectivity index (χ0) is 23.0. The molecular formula is C27H29N3O3. The number of hydrogen-bond acceptors (Lipinski definition) is 3. The van der Waals surface area contributed by atoms with Gasteiger partial charge < -0.3 is 20.3 Å². The summed E-state index contributed by atoms with van der Waals surface area (Å²) in [5.41, 5.74) is 4.79. The van der Waals surface area contributed by atoms with Crippen molar-refractivity contribution in [3.63, 3.8) is 0 Å². The first-order valence-electron chi connectivity index (χ1n) is 11.2. The first-order chi connectivity index (χ1) is 16.1. The minimum absolute atomic E-state index is 0.210. The number of rotatable bonds is 8. The van der Waals surface area contributed by atoms with Crippen LogP contribution in [0.2, 0.25) is 0 Å². The SMILES string of the molecule is Cc1ccc(NC(=O)NCc2cccc(CN3CCCC3=O)c2)c(OCc2ccccc2)c1. The molecule has 3 amide bonds. The Morgan fingerprint density at radius 3 is 2.55 bits per heavy atom. The number of aryl methyl sites for hydroxylation is 1. The fourth-order valence-corrected chi connectivity index (χ4v) is 3.87. The van der Waals surface area contributed by atoms with Gasteiger partial charge in [-0.05, 0) is 47.7 Å². The highest BCUT2D eigenvalue weighted by atomic mass is 16.5. The van der Waals surface area contributed by atoms with Gasteiger partial charge in [-0.25, -0.2) is 4.79 Å². The second-order valence-corrected chi connectivity index (χ2v) is 8.32. The van der Waals surface area contributed by atoms with Crippen molar-refractivity contribution in [3.05, 3.63) is 95.1 Å². The number of nitrogens with one attached hydrogen (secondary N) is 2. The van der Waals surface area contributed by atoms with Gasteiger partial charge >= 0.3 is 6.03 Å². The second kappa shape index (κ2) is 10.7. The molecule has 1 fully saturated rings. The van der Waals surface area contributed by atoms with E-state index in [0.717, 1.165) is 35.2 Å². The molecule has 3 aromatic carbocycles. The number of urea groups is 1. The van der Waals surface area contributed by atoms with Crippen LogP contribution in [0.25, 0.3) is 0 Å². The average molecular weight is 444 g/mol. The molecule has 2 N–H and O–H groups in total. The molecule has 1 heterocycles. The number of carbonyl (C=O) groups excluding carboxylic acids is 2. The van der Waals surface area contributed by atoms with Crippen molar-refractivity contribution >= 4 is 17.6 Å². The lowest BCUT2D eigenvalue weighted by atomic mass is 10.1. The molecule has 1 aliphatic rings. The van der Waals surface area contributed by atoms with Crippen LogP contribution in [0.5, 0.6) is 5.75 Å². The maximum absolute atomic E-state index is 12.6. The van der Waals surface area contributed by atoms with Crippen molar-refractivity contribution in [2.75, 3.05) is 11.9 Å². The molecule has 6 heteroatoms. The Morgan fingerprint density at radius 1 is 0.970 bits per heavy atom. The van der Waals surface area contributed by atoms with Gasteiger partial charge in [-0.1, -0.05) is 60.7 Å². The zero-order valence-corrected chi connectivity index (χ0v) is 18.8. The van der Waals surface area contributed by atoms with E-state index < -0.39 is 0 Å². The topological polar surface area (TPSA) is 70.7 Å². The van der Waals surface area contributed by atoms with Crippen molar-refractivity contribution in [3.8, 4) is 5.75 Å². The Labute approximate surface area is 194 Å². The van der Waals surface area contributed by atoms with Crippen molar-refractivity contribution in [2.45, 2.75) is 39.5 Å². The van der Waals surface area contributed by atoms with Crippen molar-refractivity contribution in [1.29, 1.82) is 0 Å². The van der Waals surface area contributed by atoms with E-state index in [1.54, 1.807) is 0 Å². The maximum Gasteiger partial charge on any atom is 0.319 e. The zero-order valence-electron chi connectivity index (χ0n) is 18.8. The smallest absolute Gasteiger partial charge is 0.319 e. The van der Waals surface area contributed by atoms with Gasteiger partial charge in [-0.15, -0.1) is 0 Å². The van der Waals surface area contributed by atoms with Gasteiger partial charge in [0.05, 0.1) is 5.69 Å². The molecule has 6 nitrogen and oxygen atoms in total. The van der Waals surface area contributed by atoms with Gasteiger partial charge in [0.15, 0.2) is 0 Å². The molecule has 0 atom stereocenters. The number of anilines is 1. The Balaban J connectivity index is 1.33. The van der Waals surface area contributed by atoms with Crippen LogP contribution in [0, 0.1) is 6.92 Å². The lowest BCUT2D eigenvalue weighted by molar-refractivity contribution is -0.128. The van der Waals surface area contributed by atoms with Gasteiger partial charge in [0.2, 0.25) is 5.91 Å².